The molecule has 4 heteroatoms. The Morgan fingerprint density at radius 1 is 1.56 bits per heavy atom. The molecule has 16 heavy (non-hydrogen) atoms. The first kappa shape index (κ1) is 12.3. The number of benzene rings is 1. The molecule has 0 saturated heterocycles. The van der Waals surface area contributed by atoms with Crippen molar-refractivity contribution in [3.8, 4) is 0 Å². The number of nitrogens with one attached hydrogen (secondary N) is 1. The molecular formula is C12H14BrClFN. The van der Waals surface area contributed by atoms with E-state index in [1.54, 1.807) is 12.1 Å². The fraction of sp³-hybridized carbons (Fsp3) is 0.500. The summed E-state index contributed by atoms with van der Waals surface area (Å²) in [4.78, 5) is 0. The maximum absolute atomic E-state index is 14.0. The third-order valence-electron chi connectivity index (χ3n) is 3.05. The Balaban J connectivity index is 2.26. The van der Waals surface area contributed by atoms with E-state index in [9.17, 15) is 4.39 Å². The maximum atomic E-state index is 14.0. The lowest BCUT2D eigenvalue weighted by atomic mass is 10.0. The molecule has 1 aliphatic rings. The van der Waals surface area contributed by atoms with Crippen LogP contribution in [0.2, 0.25) is 5.02 Å². The van der Waals surface area contributed by atoms with Gasteiger partial charge in [-0.2, -0.15) is 0 Å². The van der Waals surface area contributed by atoms with Gasteiger partial charge in [-0.05, 0) is 41.4 Å². The van der Waals surface area contributed by atoms with Crippen molar-refractivity contribution in [2.75, 3.05) is 7.05 Å². The van der Waals surface area contributed by atoms with E-state index in [1.165, 1.54) is 12.8 Å². The molecule has 1 unspecified atom stereocenters. The molecule has 0 bridgehead atoms. The zero-order valence-corrected chi connectivity index (χ0v) is 11.4. The Morgan fingerprint density at radius 3 is 2.81 bits per heavy atom. The van der Waals surface area contributed by atoms with Gasteiger partial charge in [-0.3, -0.25) is 0 Å². The normalized spacial score (nSPS) is 17.5. The topological polar surface area (TPSA) is 12.0 Å². The lowest BCUT2D eigenvalue weighted by Crippen LogP contribution is -2.18. The Hall–Kier alpha value is -0.120. The van der Waals surface area contributed by atoms with E-state index in [2.05, 4.69) is 21.2 Å². The molecule has 1 aromatic rings. The third-order valence-corrected chi connectivity index (χ3v) is 4.31. The summed E-state index contributed by atoms with van der Waals surface area (Å²) in [6, 6.07) is 3.67. The molecule has 1 aromatic carbocycles. The minimum absolute atomic E-state index is 0.0677. The smallest absolute Gasteiger partial charge is 0.147 e. The predicted molar refractivity (Wildman–Crippen MR) is 68.3 cm³/mol. The largest absolute Gasteiger partial charge is 0.313 e. The summed E-state index contributed by atoms with van der Waals surface area (Å²) in [7, 11) is 1.86. The van der Waals surface area contributed by atoms with E-state index in [-0.39, 0.29) is 16.9 Å². The Kier molecular flexibility index (Phi) is 3.88. The van der Waals surface area contributed by atoms with Crippen molar-refractivity contribution in [1.82, 2.24) is 5.32 Å². The summed E-state index contributed by atoms with van der Waals surface area (Å²) in [6.07, 6.45) is 3.53. The molecule has 1 aliphatic carbocycles. The van der Waals surface area contributed by atoms with Crippen LogP contribution in [-0.2, 0) is 0 Å². The van der Waals surface area contributed by atoms with Gasteiger partial charge in [0.2, 0.25) is 0 Å². The lowest BCUT2D eigenvalue weighted by Gasteiger charge is -2.18. The van der Waals surface area contributed by atoms with Gasteiger partial charge in [0, 0.05) is 16.1 Å². The molecule has 1 fully saturated rings. The van der Waals surface area contributed by atoms with Gasteiger partial charge in [0.15, 0.2) is 0 Å². The maximum Gasteiger partial charge on any atom is 0.147 e. The summed E-state index contributed by atoms with van der Waals surface area (Å²) in [5.74, 6) is 0.440. The van der Waals surface area contributed by atoms with Crippen molar-refractivity contribution in [1.29, 1.82) is 0 Å². The van der Waals surface area contributed by atoms with Gasteiger partial charge < -0.3 is 5.32 Å². The first-order valence-corrected chi connectivity index (χ1v) is 6.61. The second kappa shape index (κ2) is 5.03. The highest BCUT2D eigenvalue weighted by Crippen LogP contribution is 2.39. The van der Waals surface area contributed by atoms with E-state index >= 15 is 0 Å². The Morgan fingerprint density at radius 2 is 2.25 bits per heavy atom. The van der Waals surface area contributed by atoms with Crippen LogP contribution in [-0.4, -0.2) is 7.05 Å². The zero-order valence-electron chi connectivity index (χ0n) is 9.06. The van der Waals surface area contributed by atoms with E-state index in [0.29, 0.717) is 10.0 Å². The number of rotatable bonds is 4. The molecule has 2 rings (SSSR count). The molecule has 0 amide bonds. The fourth-order valence-electron chi connectivity index (χ4n) is 1.90. The molecule has 0 aliphatic heterocycles. The molecule has 0 radical (unpaired) electrons. The van der Waals surface area contributed by atoms with E-state index in [4.69, 9.17) is 11.6 Å². The highest BCUT2D eigenvalue weighted by molar-refractivity contribution is 9.10. The molecular weight excluding hydrogens is 292 g/mol. The van der Waals surface area contributed by atoms with Crippen molar-refractivity contribution < 1.29 is 4.39 Å². The van der Waals surface area contributed by atoms with Gasteiger partial charge in [0.25, 0.3) is 0 Å². The van der Waals surface area contributed by atoms with Gasteiger partial charge in [0.1, 0.15) is 5.82 Å². The van der Waals surface area contributed by atoms with Crippen LogP contribution in [0, 0.1) is 11.7 Å². The van der Waals surface area contributed by atoms with Gasteiger partial charge in [-0.25, -0.2) is 4.39 Å². The average Bonchev–Trinajstić information content (AvgIpc) is 3.07. The van der Waals surface area contributed by atoms with E-state index in [0.717, 1.165) is 12.3 Å². The lowest BCUT2D eigenvalue weighted by molar-refractivity contribution is 0.485. The second-order valence-electron chi connectivity index (χ2n) is 4.28. The molecule has 1 saturated carbocycles. The van der Waals surface area contributed by atoms with E-state index < -0.39 is 0 Å². The summed E-state index contributed by atoms with van der Waals surface area (Å²) >= 11 is 9.11. The summed E-state index contributed by atoms with van der Waals surface area (Å²) in [5.41, 5.74) is 0.669. The van der Waals surface area contributed by atoms with E-state index in [1.807, 2.05) is 7.05 Å². The first-order chi connectivity index (χ1) is 7.63. The zero-order chi connectivity index (χ0) is 11.7. The van der Waals surface area contributed by atoms with Crippen LogP contribution in [0.3, 0.4) is 0 Å². The monoisotopic (exact) mass is 305 g/mol. The van der Waals surface area contributed by atoms with Crippen LogP contribution < -0.4 is 5.32 Å². The van der Waals surface area contributed by atoms with Crippen LogP contribution in [0.5, 0.6) is 0 Å². The van der Waals surface area contributed by atoms with Crippen molar-refractivity contribution in [3.05, 3.63) is 33.0 Å². The highest BCUT2D eigenvalue weighted by Gasteiger charge is 2.27. The number of hydrogen-bond donors (Lipinski definition) is 1. The Labute approximate surface area is 109 Å². The molecule has 1 nitrogen and oxygen atoms in total. The highest BCUT2D eigenvalue weighted by atomic mass is 79.9. The molecule has 0 heterocycles. The van der Waals surface area contributed by atoms with Crippen molar-refractivity contribution in [2.45, 2.75) is 25.3 Å². The van der Waals surface area contributed by atoms with Crippen LogP contribution in [0.15, 0.2) is 16.6 Å². The van der Waals surface area contributed by atoms with Gasteiger partial charge in [-0.1, -0.05) is 30.5 Å². The summed E-state index contributed by atoms with van der Waals surface area (Å²) in [6.45, 7) is 0. The minimum atomic E-state index is -0.309. The van der Waals surface area contributed by atoms with Crippen molar-refractivity contribution >= 4 is 27.5 Å². The molecule has 88 valence electrons. The van der Waals surface area contributed by atoms with Gasteiger partial charge in [-0.15, -0.1) is 0 Å². The second-order valence-corrected chi connectivity index (χ2v) is 5.52. The van der Waals surface area contributed by atoms with Crippen LogP contribution in [0.4, 0.5) is 4.39 Å². The summed E-state index contributed by atoms with van der Waals surface area (Å²) in [5, 5.41) is 3.34. The third kappa shape index (κ3) is 2.58. The first-order valence-electron chi connectivity index (χ1n) is 5.44. The SMILES string of the molecule is CNC(CC1CC1)c1ccc(Br)c(Cl)c1F. The predicted octanol–water partition coefficient (Wildman–Crippen LogP) is 4.30. The van der Waals surface area contributed by atoms with Gasteiger partial charge >= 0.3 is 0 Å². The Bertz CT molecular complexity index is 393. The fourth-order valence-corrected chi connectivity index (χ4v) is 2.38. The molecule has 0 spiro atoms. The standard InChI is InChI=1S/C12H14BrClFN/c1-16-10(6-7-2-3-7)8-4-5-9(13)11(14)12(8)15/h4-5,7,10,16H,2-3,6H2,1H3. The van der Waals surface area contributed by atoms with Crippen LogP contribution >= 0.6 is 27.5 Å². The molecule has 1 atom stereocenters. The van der Waals surface area contributed by atoms with Crippen molar-refractivity contribution in [2.24, 2.45) is 5.92 Å². The van der Waals surface area contributed by atoms with Crippen LogP contribution in [0.25, 0.3) is 0 Å². The van der Waals surface area contributed by atoms with Crippen LogP contribution in [0.1, 0.15) is 30.9 Å². The number of hydrogen-bond acceptors (Lipinski definition) is 1. The van der Waals surface area contributed by atoms with Crippen molar-refractivity contribution in [3.63, 3.8) is 0 Å². The molecule has 1 N–H and O–H groups in total. The average molecular weight is 307 g/mol. The summed E-state index contributed by atoms with van der Waals surface area (Å²) < 4.78 is 14.6. The van der Waals surface area contributed by atoms with Gasteiger partial charge in [0.05, 0.1) is 5.02 Å². The quantitative estimate of drug-likeness (QED) is 0.818. The molecule has 0 aromatic heterocycles. The minimum Gasteiger partial charge on any atom is -0.313 e. The number of halogens is 3.